The molecular formula is C22H20F3N5O4. The van der Waals surface area contributed by atoms with Crippen LogP contribution in [0.4, 0.5) is 13.2 Å². The molecule has 0 aliphatic carbocycles. The summed E-state index contributed by atoms with van der Waals surface area (Å²) in [6, 6.07) is 6.11. The van der Waals surface area contributed by atoms with Gasteiger partial charge >= 0.3 is 6.18 Å². The maximum Gasteiger partial charge on any atom is 0.433 e. The highest BCUT2D eigenvalue weighted by molar-refractivity contribution is 5.98. The molecule has 0 spiro atoms. The minimum atomic E-state index is -4.63. The van der Waals surface area contributed by atoms with Crippen molar-refractivity contribution in [2.24, 2.45) is 5.73 Å². The third kappa shape index (κ3) is 4.44. The lowest BCUT2D eigenvalue weighted by atomic mass is 10.1. The van der Waals surface area contributed by atoms with Gasteiger partial charge in [-0.15, -0.1) is 0 Å². The summed E-state index contributed by atoms with van der Waals surface area (Å²) in [6.07, 6.45) is -4.63. The summed E-state index contributed by atoms with van der Waals surface area (Å²) in [5.74, 6) is 0.303. The number of rotatable bonds is 6. The second kappa shape index (κ2) is 8.78. The van der Waals surface area contributed by atoms with Crippen LogP contribution < -0.4 is 15.8 Å². The monoisotopic (exact) mass is 475 g/mol. The number of oxazole rings is 1. The van der Waals surface area contributed by atoms with Gasteiger partial charge in [0, 0.05) is 17.0 Å². The molecule has 34 heavy (non-hydrogen) atoms. The molecular weight excluding hydrogens is 455 g/mol. The summed E-state index contributed by atoms with van der Waals surface area (Å²) in [4.78, 5) is 20.8. The molecule has 178 valence electrons. The number of ether oxygens (including phenoxy) is 1. The zero-order chi connectivity index (χ0) is 24.6. The van der Waals surface area contributed by atoms with Gasteiger partial charge in [0.25, 0.3) is 5.91 Å². The van der Waals surface area contributed by atoms with Crippen LogP contribution in [0.2, 0.25) is 0 Å². The van der Waals surface area contributed by atoms with Crippen molar-refractivity contribution < 1.29 is 31.6 Å². The average molecular weight is 475 g/mol. The highest BCUT2D eigenvalue weighted by atomic mass is 19.4. The second-order valence-corrected chi connectivity index (χ2v) is 7.54. The van der Waals surface area contributed by atoms with Crippen LogP contribution in [0, 0.1) is 6.92 Å². The van der Waals surface area contributed by atoms with E-state index in [-0.39, 0.29) is 35.2 Å². The molecule has 1 aromatic carbocycles. The number of fused-ring (bicyclic) bond motifs is 1. The number of carbonyl (C=O) groups is 1. The number of aromatic nitrogens is 3. The minimum Gasteiger partial charge on any atom is -0.494 e. The van der Waals surface area contributed by atoms with E-state index in [0.29, 0.717) is 22.4 Å². The van der Waals surface area contributed by atoms with Crippen molar-refractivity contribution in [2.75, 3.05) is 7.11 Å². The standard InChI is InChI=1S/C22H20F3N5O4/c1-10-8-12(30-34-10)9-27-20(31)18-19(11(2)26)33-21(29-18)14-4-6-15(32-3)17-13(14)5-7-16(28-17)22(23,24)25/h4-8,11H,9,26H2,1-3H3,(H,27,31)/t11-/m0/s1. The minimum absolute atomic E-state index is 0.00365. The summed E-state index contributed by atoms with van der Waals surface area (Å²) < 4.78 is 55.6. The van der Waals surface area contributed by atoms with Crippen molar-refractivity contribution in [1.82, 2.24) is 20.4 Å². The fraction of sp³-hybridized carbons (Fsp3) is 0.273. The van der Waals surface area contributed by atoms with E-state index in [1.807, 2.05) is 0 Å². The molecule has 0 saturated heterocycles. The van der Waals surface area contributed by atoms with Crippen molar-refractivity contribution in [2.45, 2.75) is 32.6 Å². The van der Waals surface area contributed by atoms with Crippen molar-refractivity contribution in [3.05, 3.63) is 58.9 Å². The second-order valence-electron chi connectivity index (χ2n) is 7.54. The van der Waals surface area contributed by atoms with Crippen LogP contribution in [-0.4, -0.2) is 28.1 Å². The average Bonchev–Trinajstić information content (AvgIpc) is 3.42. The Bertz CT molecular complexity index is 1360. The first-order valence-corrected chi connectivity index (χ1v) is 10.1. The fourth-order valence-corrected chi connectivity index (χ4v) is 3.38. The molecule has 3 aromatic heterocycles. The van der Waals surface area contributed by atoms with Gasteiger partial charge < -0.3 is 24.7 Å². The topological polar surface area (TPSA) is 129 Å². The van der Waals surface area contributed by atoms with Gasteiger partial charge in [-0.05, 0) is 38.1 Å². The Labute approximate surface area is 191 Å². The fourth-order valence-electron chi connectivity index (χ4n) is 3.38. The van der Waals surface area contributed by atoms with Crippen molar-refractivity contribution in [1.29, 1.82) is 0 Å². The predicted molar refractivity (Wildman–Crippen MR) is 114 cm³/mol. The van der Waals surface area contributed by atoms with Crippen LogP contribution in [0.5, 0.6) is 5.75 Å². The van der Waals surface area contributed by atoms with E-state index < -0.39 is 23.8 Å². The van der Waals surface area contributed by atoms with Crippen LogP contribution >= 0.6 is 0 Å². The van der Waals surface area contributed by atoms with Crippen molar-refractivity contribution in [3.8, 4) is 17.2 Å². The largest absolute Gasteiger partial charge is 0.494 e. The SMILES string of the molecule is COc1ccc(-c2nc(C(=O)NCc3cc(C)on3)c([C@H](C)N)o2)c2ccc(C(F)(F)F)nc12. The highest BCUT2D eigenvalue weighted by Crippen LogP contribution is 2.37. The molecule has 12 heteroatoms. The van der Waals surface area contributed by atoms with E-state index in [1.165, 1.54) is 19.2 Å². The number of hydrogen-bond acceptors (Lipinski definition) is 8. The van der Waals surface area contributed by atoms with Crippen LogP contribution in [0.3, 0.4) is 0 Å². The zero-order valence-electron chi connectivity index (χ0n) is 18.4. The number of halogens is 3. The van der Waals surface area contributed by atoms with E-state index in [9.17, 15) is 18.0 Å². The Morgan fingerprint density at radius 3 is 2.62 bits per heavy atom. The van der Waals surface area contributed by atoms with Crippen molar-refractivity contribution >= 4 is 16.8 Å². The predicted octanol–water partition coefficient (Wildman–Crippen LogP) is 4.16. The zero-order valence-corrected chi connectivity index (χ0v) is 18.4. The van der Waals surface area contributed by atoms with Gasteiger partial charge in [0.2, 0.25) is 5.89 Å². The highest BCUT2D eigenvalue weighted by Gasteiger charge is 2.33. The molecule has 9 nitrogen and oxygen atoms in total. The molecule has 0 aliphatic rings. The first-order chi connectivity index (χ1) is 16.1. The van der Waals surface area contributed by atoms with Crippen LogP contribution in [0.25, 0.3) is 22.4 Å². The van der Waals surface area contributed by atoms with Gasteiger partial charge in [0.15, 0.2) is 11.5 Å². The number of hydrogen-bond donors (Lipinski definition) is 2. The summed E-state index contributed by atoms with van der Waals surface area (Å²) in [5.41, 5.74) is 5.68. The summed E-state index contributed by atoms with van der Waals surface area (Å²) in [6.45, 7) is 3.43. The molecule has 3 N–H and O–H groups in total. The number of pyridine rings is 1. The molecule has 0 saturated carbocycles. The molecule has 3 heterocycles. The van der Waals surface area contributed by atoms with Crippen LogP contribution in [0.15, 0.2) is 39.3 Å². The number of aryl methyl sites for hydroxylation is 1. The maximum absolute atomic E-state index is 13.2. The van der Waals surface area contributed by atoms with E-state index >= 15 is 0 Å². The number of nitrogens with two attached hydrogens (primary N) is 1. The first kappa shape index (κ1) is 23.2. The first-order valence-electron chi connectivity index (χ1n) is 10.1. The number of carbonyl (C=O) groups excluding carboxylic acids is 1. The molecule has 4 aromatic rings. The van der Waals surface area contributed by atoms with Crippen LogP contribution in [0.1, 0.15) is 46.4 Å². The molecule has 1 atom stereocenters. The molecule has 1 amide bonds. The van der Waals surface area contributed by atoms with E-state index in [1.54, 1.807) is 26.0 Å². The number of alkyl halides is 3. The molecule has 0 bridgehead atoms. The van der Waals surface area contributed by atoms with Crippen LogP contribution in [-0.2, 0) is 12.7 Å². The van der Waals surface area contributed by atoms with Gasteiger partial charge in [0.05, 0.1) is 19.7 Å². The number of nitrogens with one attached hydrogen (secondary N) is 1. The molecule has 4 rings (SSSR count). The number of benzene rings is 1. The van der Waals surface area contributed by atoms with Crippen molar-refractivity contribution in [3.63, 3.8) is 0 Å². The van der Waals surface area contributed by atoms with Gasteiger partial charge in [-0.25, -0.2) is 9.97 Å². The lowest BCUT2D eigenvalue weighted by Crippen LogP contribution is -2.25. The van der Waals surface area contributed by atoms with Gasteiger partial charge in [-0.2, -0.15) is 13.2 Å². The lowest BCUT2D eigenvalue weighted by molar-refractivity contribution is -0.140. The van der Waals surface area contributed by atoms with Gasteiger partial charge in [-0.3, -0.25) is 4.79 Å². The molecule has 0 aliphatic heterocycles. The van der Waals surface area contributed by atoms with Gasteiger partial charge in [-0.1, -0.05) is 5.16 Å². The maximum atomic E-state index is 13.2. The number of amides is 1. The Morgan fingerprint density at radius 2 is 2.00 bits per heavy atom. The quantitative estimate of drug-likeness (QED) is 0.425. The third-order valence-corrected chi connectivity index (χ3v) is 4.95. The summed E-state index contributed by atoms with van der Waals surface area (Å²) in [5, 5.41) is 6.78. The number of nitrogens with zero attached hydrogens (tertiary/aromatic N) is 3. The lowest BCUT2D eigenvalue weighted by Gasteiger charge is -2.11. The summed E-state index contributed by atoms with van der Waals surface area (Å²) in [7, 11) is 1.33. The Balaban J connectivity index is 1.75. The van der Waals surface area contributed by atoms with E-state index in [2.05, 4.69) is 20.4 Å². The van der Waals surface area contributed by atoms with E-state index in [0.717, 1.165) is 6.07 Å². The molecule has 0 radical (unpaired) electrons. The smallest absolute Gasteiger partial charge is 0.433 e. The molecule has 0 fully saturated rings. The Morgan fingerprint density at radius 1 is 1.24 bits per heavy atom. The normalized spacial score (nSPS) is 12.7. The third-order valence-electron chi connectivity index (χ3n) is 4.95. The molecule has 0 unspecified atom stereocenters. The Hall–Kier alpha value is -3.93. The Kier molecular flexibility index (Phi) is 6.00. The summed E-state index contributed by atoms with van der Waals surface area (Å²) >= 11 is 0. The van der Waals surface area contributed by atoms with Gasteiger partial charge in [0.1, 0.15) is 28.4 Å². The number of methoxy groups -OCH3 is 1. The van der Waals surface area contributed by atoms with E-state index in [4.69, 9.17) is 19.4 Å².